The van der Waals surface area contributed by atoms with E-state index in [4.69, 9.17) is 9.47 Å². The third-order valence-electron chi connectivity index (χ3n) is 3.81. The van der Waals surface area contributed by atoms with Crippen LogP contribution in [0, 0.1) is 0 Å². The van der Waals surface area contributed by atoms with Crippen LogP contribution in [0.4, 0.5) is 11.6 Å². The standard InChI is InChI=1S/C19H16N4O3/c24-18(21-11-13-4-2-1-3-5-13)15-8-9-20-19(23-15)22-14-6-7-16-17(10-14)26-12-25-16/h1-10H,11-12H2,(H,21,24)(H,20,22,23). The smallest absolute Gasteiger partial charge is 0.270 e. The van der Waals surface area contributed by atoms with E-state index in [9.17, 15) is 4.79 Å². The summed E-state index contributed by atoms with van der Waals surface area (Å²) in [6.45, 7) is 0.654. The van der Waals surface area contributed by atoms with Gasteiger partial charge in [0.1, 0.15) is 5.69 Å². The predicted octanol–water partition coefficient (Wildman–Crippen LogP) is 2.88. The number of aromatic nitrogens is 2. The van der Waals surface area contributed by atoms with E-state index in [0.717, 1.165) is 11.3 Å². The van der Waals surface area contributed by atoms with Gasteiger partial charge in [-0.2, -0.15) is 0 Å². The van der Waals surface area contributed by atoms with Crippen molar-refractivity contribution in [1.29, 1.82) is 0 Å². The molecular formula is C19H16N4O3. The number of nitrogens with one attached hydrogen (secondary N) is 2. The average molecular weight is 348 g/mol. The molecule has 0 saturated carbocycles. The monoisotopic (exact) mass is 348 g/mol. The lowest BCUT2D eigenvalue weighted by molar-refractivity contribution is 0.0946. The molecule has 0 saturated heterocycles. The van der Waals surface area contributed by atoms with Gasteiger partial charge in [0, 0.05) is 24.5 Å². The number of fused-ring (bicyclic) bond motifs is 1. The number of hydrogen-bond donors (Lipinski definition) is 2. The van der Waals surface area contributed by atoms with Gasteiger partial charge in [-0.15, -0.1) is 0 Å². The summed E-state index contributed by atoms with van der Waals surface area (Å²) in [4.78, 5) is 20.7. The third kappa shape index (κ3) is 3.56. The molecule has 1 aromatic heterocycles. The highest BCUT2D eigenvalue weighted by Crippen LogP contribution is 2.34. The van der Waals surface area contributed by atoms with Gasteiger partial charge < -0.3 is 20.1 Å². The second kappa shape index (κ2) is 7.10. The number of hydrogen-bond acceptors (Lipinski definition) is 6. The first-order valence-corrected chi connectivity index (χ1v) is 8.10. The van der Waals surface area contributed by atoms with Crippen molar-refractivity contribution in [3.8, 4) is 11.5 Å². The minimum atomic E-state index is -0.259. The van der Waals surface area contributed by atoms with Crippen LogP contribution in [0.1, 0.15) is 16.1 Å². The summed E-state index contributed by atoms with van der Waals surface area (Å²) in [6.07, 6.45) is 1.54. The zero-order valence-electron chi connectivity index (χ0n) is 13.8. The van der Waals surface area contributed by atoms with Crippen molar-refractivity contribution in [1.82, 2.24) is 15.3 Å². The second-order valence-corrected chi connectivity index (χ2v) is 5.63. The van der Waals surface area contributed by atoms with Crippen LogP contribution in [-0.2, 0) is 6.54 Å². The van der Waals surface area contributed by atoms with Gasteiger partial charge in [-0.3, -0.25) is 4.79 Å². The largest absolute Gasteiger partial charge is 0.454 e. The van der Waals surface area contributed by atoms with Gasteiger partial charge >= 0.3 is 0 Å². The zero-order chi connectivity index (χ0) is 17.8. The van der Waals surface area contributed by atoms with Crippen LogP contribution in [-0.4, -0.2) is 22.7 Å². The maximum atomic E-state index is 12.3. The number of nitrogens with zero attached hydrogens (tertiary/aromatic N) is 2. The van der Waals surface area contributed by atoms with E-state index in [1.165, 1.54) is 0 Å². The fourth-order valence-corrected chi connectivity index (χ4v) is 2.52. The van der Waals surface area contributed by atoms with Gasteiger partial charge in [0.15, 0.2) is 11.5 Å². The van der Waals surface area contributed by atoms with Gasteiger partial charge in [-0.25, -0.2) is 9.97 Å². The van der Waals surface area contributed by atoms with Gasteiger partial charge in [0.2, 0.25) is 12.7 Å². The highest BCUT2D eigenvalue weighted by molar-refractivity contribution is 5.92. The molecule has 1 aliphatic heterocycles. The number of carbonyl (C=O) groups excluding carboxylic acids is 1. The summed E-state index contributed by atoms with van der Waals surface area (Å²) in [5.74, 6) is 1.43. The molecule has 130 valence electrons. The molecule has 2 aromatic carbocycles. The Bertz CT molecular complexity index is 931. The first-order chi connectivity index (χ1) is 12.8. The molecule has 0 radical (unpaired) electrons. The van der Waals surface area contributed by atoms with E-state index in [1.54, 1.807) is 24.4 Å². The fourth-order valence-electron chi connectivity index (χ4n) is 2.52. The summed E-state index contributed by atoms with van der Waals surface area (Å²) in [7, 11) is 0. The number of benzene rings is 2. The molecule has 1 aliphatic rings. The molecular weight excluding hydrogens is 332 g/mol. The Morgan fingerprint density at radius 2 is 1.88 bits per heavy atom. The fraction of sp³-hybridized carbons (Fsp3) is 0.105. The molecule has 0 spiro atoms. The Kier molecular flexibility index (Phi) is 4.34. The predicted molar refractivity (Wildman–Crippen MR) is 95.5 cm³/mol. The van der Waals surface area contributed by atoms with Crippen LogP contribution in [0.2, 0.25) is 0 Å². The lowest BCUT2D eigenvalue weighted by Gasteiger charge is -2.08. The van der Waals surface area contributed by atoms with E-state index < -0.39 is 0 Å². The highest BCUT2D eigenvalue weighted by atomic mass is 16.7. The van der Waals surface area contributed by atoms with Crippen LogP contribution >= 0.6 is 0 Å². The van der Waals surface area contributed by atoms with E-state index in [2.05, 4.69) is 20.6 Å². The van der Waals surface area contributed by atoms with Crippen LogP contribution < -0.4 is 20.1 Å². The van der Waals surface area contributed by atoms with E-state index >= 15 is 0 Å². The van der Waals surface area contributed by atoms with Gasteiger partial charge in [-0.1, -0.05) is 30.3 Å². The minimum Gasteiger partial charge on any atom is -0.454 e. The summed E-state index contributed by atoms with van der Waals surface area (Å²) in [6, 6.07) is 16.7. The van der Waals surface area contributed by atoms with E-state index in [0.29, 0.717) is 29.7 Å². The molecule has 2 N–H and O–H groups in total. The van der Waals surface area contributed by atoms with Crippen molar-refractivity contribution in [2.24, 2.45) is 0 Å². The third-order valence-corrected chi connectivity index (χ3v) is 3.81. The topological polar surface area (TPSA) is 85.4 Å². The number of carbonyl (C=O) groups is 1. The van der Waals surface area contributed by atoms with Crippen LogP contribution in [0.15, 0.2) is 60.8 Å². The first kappa shape index (κ1) is 15.9. The molecule has 3 aromatic rings. The molecule has 0 unspecified atom stereocenters. The van der Waals surface area contributed by atoms with Crippen molar-refractivity contribution in [2.75, 3.05) is 12.1 Å². The molecule has 0 bridgehead atoms. The Morgan fingerprint density at radius 3 is 2.77 bits per heavy atom. The van der Waals surface area contributed by atoms with Crippen LogP contribution in [0.25, 0.3) is 0 Å². The Labute approximate surface area is 150 Å². The molecule has 7 nitrogen and oxygen atoms in total. The molecule has 0 aliphatic carbocycles. The summed E-state index contributed by atoms with van der Waals surface area (Å²) >= 11 is 0. The van der Waals surface area contributed by atoms with Crippen molar-refractivity contribution < 1.29 is 14.3 Å². The number of rotatable bonds is 5. The maximum Gasteiger partial charge on any atom is 0.270 e. The number of ether oxygens (including phenoxy) is 2. The molecule has 26 heavy (non-hydrogen) atoms. The van der Waals surface area contributed by atoms with Crippen LogP contribution in [0.5, 0.6) is 11.5 Å². The highest BCUT2D eigenvalue weighted by Gasteiger charge is 2.14. The molecule has 0 atom stereocenters. The lowest BCUT2D eigenvalue weighted by Crippen LogP contribution is -2.24. The quantitative estimate of drug-likeness (QED) is 0.737. The molecule has 7 heteroatoms. The Hall–Kier alpha value is -3.61. The van der Waals surface area contributed by atoms with E-state index in [-0.39, 0.29) is 12.7 Å². The first-order valence-electron chi connectivity index (χ1n) is 8.10. The maximum absolute atomic E-state index is 12.3. The molecule has 4 rings (SSSR count). The Morgan fingerprint density at radius 1 is 1.04 bits per heavy atom. The van der Waals surface area contributed by atoms with E-state index in [1.807, 2.05) is 36.4 Å². The van der Waals surface area contributed by atoms with Gasteiger partial charge in [0.05, 0.1) is 0 Å². The SMILES string of the molecule is O=C(NCc1ccccc1)c1ccnc(Nc2ccc3c(c2)OCO3)n1. The number of anilines is 2. The Balaban J connectivity index is 1.43. The number of amides is 1. The molecule has 0 fully saturated rings. The van der Waals surface area contributed by atoms with Crippen molar-refractivity contribution in [2.45, 2.75) is 6.54 Å². The summed E-state index contributed by atoms with van der Waals surface area (Å²) in [5.41, 5.74) is 2.06. The second-order valence-electron chi connectivity index (χ2n) is 5.63. The average Bonchev–Trinajstić information content (AvgIpc) is 3.15. The van der Waals surface area contributed by atoms with Crippen molar-refractivity contribution >= 4 is 17.5 Å². The lowest BCUT2D eigenvalue weighted by atomic mass is 10.2. The zero-order valence-corrected chi connectivity index (χ0v) is 13.8. The van der Waals surface area contributed by atoms with Gasteiger partial charge in [-0.05, 0) is 23.8 Å². The van der Waals surface area contributed by atoms with Crippen molar-refractivity contribution in [3.63, 3.8) is 0 Å². The van der Waals surface area contributed by atoms with Crippen molar-refractivity contribution in [3.05, 3.63) is 72.1 Å². The van der Waals surface area contributed by atoms with Crippen LogP contribution in [0.3, 0.4) is 0 Å². The van der Waals surface area contributed by atoms with Gasteiger partial charge in [0.25, 0.3) is 5.91 Å². The molecule has 1 amide bonds. The normalized spacial score (nSPS) is 11.8. The summed E-state index contributed by atoms with van der Waals surface area (Å²) < 4.78 is 10.6. The molecule has 2 heterocycles. The summed E-state index contributed by atoms with van der Waals surface area (Å²) in [5, 5.41) is 5.91. The minimum absolute atomic E-state index is 0.215.